The highest BCUT2D eigenvalue weighted by molar-refractivity contribution is 7.90. The third-order valence-electron chi connectivity index (χ3n) is 6.61. The normalized spacial score (nSPS) is 16.3. The molecule has 0 aliphatic carbocycles. The maximum Gasteiger partial charge on any atom is 0.435 e. The van der Waals surface area contributed by atoms with Crippen LogP contribution in [-0.2, 0) is 35.3 Å². The van der Waals surface area contributed by atoms with Gasteiger partial charge >= 0.3 is 18.2 Å². The lowest BCUT2D eigenvalue weighted by atomic mass is 10.1. The monoisotopic (exact) mass is 668 g/mol. The number of hydrogen-bond donors (Lipinski definition) is 1. The number of benzene rings is 2. The average Bonchev–Trinajstić information content (AvgIpc) is 3.64. The molecule has 0 bridgehead atoms. The Morgan fingerprint density at radius 3 is 2.37 bits per heavy atom. The van der Waals surface area contributed by atoms with Gasteiger partial charge in [-0.2, -0.15) is 18.3 Å². The Labute approximate surface area is 261 Å². The molecule has 46 heavy (non-hydrogen) atoms. The van der Waals surface area contributed by atoms with Gasteiger partial charge in [0.2, 0.25) is 5.28 Å². The number of hydrogen-bond acceptors (Lipinski definition) is 10. The van der Waals surface area contributed by atoms with Crippen LogP contribution in [0.2, 0.25) is 0 Å². The van der Waals surface area contributed by atoms with Crippen molar-refractivity contribution in [1.82, 2.24) is 19.5 Å². The van der Waals surface area contributed by atoms with Crippen LogP contribution < -0.4 is 4.72 Å². The SMILES string of the molecule is Cc1ccc(-c2cc(C(F)(F)F)nn2-c2ccc(S(=O)(=O)NC(=O)OC3CCN(/[N+]([O-])=N\OC(C)OC(=O)C(C)C)C3)cc2)cc1. The number of sulfonamides is 1. The number of amides is 1. The Kier molecular flexibility index (Phi) is 10.1. The molecule has 3 aromatic rings. The van der Waals surface area contributed by atoms with E-state index >= 15 is 0 Å². The zero-order chi connectivity index (χ0) is 33.8. The molecule has 1 aliphatic rings. The Bertz CT molecular complexity index is 1690. The molecule has 0 spiro atoms. The number of ether oxygens (including phenoxy) is 2. The van der Waals surface area contributed by atoms with Crippen molar-refractivity contribution >= 4 is 22.1 Å². The Morgan fingerprint density at radius 1 is 1.11 bits per heavy atom. The minimum Gasteiger partial charge on any atom is -0.569 e. The fourth-order valence-electron chi connectivity index (χ4n) is 4.20. The molecule has 4 rings (SSSR count). The summed E-state index contributed by atoms with van der Waals surface area (Å²) in [5.74, 6) is -0.952. The third kappa shape index (κ3) is 8.43. The standard InChI is InChI=1S/C28H31F3N6O8S/c1-17(2)26(38)43-19(4)45-34-37(40)35-14-13-22(16-35)44-27(39)33-46(41,42)23-11-9-21(10-12-23)36-24(15-25(32-36)28(29,30)31)20-7-5-18(3)6-8-20/h5-12,15,17,19,22H,13-14,16H2,1-4H3,(H,33,39)/b37-34+. The summed E-state index contributed by atoms with van der Waals surface area (Å²) in [5, 5.41) is 20.3. The van der Waals surface area contributed by atoms with Crippen LogP contribution in [0.15, 0.2) is 64.8 Å². The Balaban J connectivity index is 1.38. The topological polar surface area (TPSA) is 167 Å². The lowest BCUT2D eigenvalue weighted by molar-refractivity contribution is -0.709. The number of aryl methyl sites for hydroxylation is 1. The van der Waals surface area contributed by atoms with Crippen molar-refractivity contribution < 1.29 is 50.5 Å². The van der Waals surface area contributed by atoms with Gasteiger partial charge < -0.3 is 14.7 Å². The predicted octanol–water partition coefficient (Wildman–Crippen LogP) is 4.71. The predicted molar refractivity (Wildman–Crippen MR) is 153 cm³/mol. The van der Waals surface area contributed by atoms with E-state index in [0.29, 0.717) is 5.56 Å². The number of carbonyl (C=O) groups is 2. The highest BCUT2D eigenvalue weighted by atomic mass is 32.2. The summed E-state index contributed by atoms with van der Waals surface area (Å²) in [4.78, 5) is 28.6. The van der Waals surface area contributed by atoms with Crippen LogP contribution in [0, 0.1) is 18.0 Å². The Morgan fingerprint density at radius 2 is 1.76 bits per heavy atom. The summed E-state index contributed by atoms with van der Waals surface area (Å²) >= 11 is 0. The van der Waals surface area contributed by atoms with E-state index in [-0.39, 0.29) is 40.8 Å². The van der Waals surface area contributed by atoms with E-state index in [1.807, 2.05) is 6.92 Å². The van der Waals surface area contributed by atoms with Crippen molar-refractivity contribution in [1.29, 1.82) is 0 Å². The molecular formula is C28H31F3N6O8S. The van der Waals surface area contributed by atoms with Crippen LogP contribution in [0.25, 0.3) is 16.9 Å². The van der Waals surface area contributed by atoms with Crippen LogP contribution in [-0.4, -0.2) is 65.7 Å². The minimum atomic E-state index is -4.72. The fraction of sp³-hybridized carbons (Fsp3) is 0.393. The van der Waals surface area contributed by atoms with Gasteiger partial charge in [-0.3, -0.25) is 9.63 Å². The van der Waals surface area contributed by atoms with Gasteiger partial charge in [0.25, 0.3) is 16.3 Å². The summed E-state index contributed by atoms with van der Waals surface area (Å²) in [6, 6.07) is 12.4. The van der Waals surface area contributed by atoms with Gasteiger partial charge in [-0.15, -0.1) is 5.01 Å². The second kappa shape index (κ2) is 13.6. The summed E-state index contributed by atoms with van der Waals surface area (Å²) in [5.41, 5.74) is 0.515. The summed E-state index contributed by atoms with van der Waals surface area (Å²) in [7, 11) is -4.45. The maximum absolute atomic E-state index is 13.5. The van der Waals surface area contributed by atoms with Gasteiger partial charge in [-0.25, -0.2) is 22.6 Å². The van der Waals surface area contributed by atoms with Crippen molar-refractivity contribution in [2.24, 2.45) is 11.2 Å². The van der Waals surface area contributed by atoms with Gasteiger partial charge in [0.1, 0.15) is 12.6 Å². The molecule has 1 fully saturated rings. The van der Waals surface area contributed by atoms with Gasteiger partial charge in [0, 0.05) is 18.9 Å². The number of aromatic nitrogens is 2. The van der Waals surface area contributed by atoms with Crippen LogP contribution in [0.3, 0.4) is 0 Å². The van der Waals surface area contributed by atoms with Crippen LogP contribution in [0.1, 0.15) is 38.4 Å². The molecule has 1 saturated heterocycles. The molecule has 14 nitrogen and oxygen atoms in total. The number of esters is 1. The molecule has 2 aromatic carbocycles. The van der Waals surface area contributed by atoms with E-state index in [4.69, 9.17) is 14.3 Å². The molecule has 0 saturated carbocycles. The van der Waals surface area contributed by atoms with Crippen molar-refractivity contribution in [3.63, 3.8) is 0 Å². The van der Waals surface area contributed by atoms with Gasteiger partial charge in [-0.05, 0) is 37.3 Å². The van der Waals surface area contributed by atoms with Gasteiger partial charge in [0.05, 0.1) is 33.7 Å². The summed E-state index contributed by atoms with van der Waals surface area (Å²) in [6.07, 6.45) is -7.85. The van der Waals surface area contributed by atoms with Crippen LogP contribution in [0.4, 0.5) is 18.0 Å². The van der Waals surface area contributed by atoms with Crippen molar-refractivity contribution in [2.75, 3.05) is 13.1 Å². The molecule has 1 amide bonds. The molecule has 248 valence electrons. The third-order valence-corrected chi connectivity index (χ3v) is 7.94. The van der Waals surface area contributed by atoms with Gasteiger partial charge in [-0.1, -0.05) is 43.7 Å². The largest absolute Gasteiger partial charge is 0.569 e. The number of nitrogens with one attached hydrogen (secondary N) is 1. The maximum atomic E-state index is 13.5. The number of nitrogens with zero attached hydrogens (tertiary/aromatic N) is 5. The quantitative estimate of drug-likeness (QED) is 0.105. The van der Waals surface area contributed by atoms with E-state index in [0.717, 1.165) is 33.5 Å². The first-order chi connectivity index (χ1) is 21.5. The molecule has 2 unspecified atom stereocenters. The van der Waals surface area contributed by atoms with Crippen LogP contribution in [0.5, 0.6) is 0 Å². The molecule has 1 aromatic heterocycles. The molecule has 1 aliphatic heterocycles. The molecule has 18 heteroatoms. The molecule has 2 atom stereocenters. The first-order valence-corrected chi connectivity index (χ1v) is 15.4. The zero-order valence-electron chi connectivity index (χ0n) is 25.1. The minimum absolute atomic E-state index is 0.0940. The van der Waals surface area contributed by atoms with E-state index in [9.17, 15) is 36.4 Å². The first kappa shape index (κ1) is 34.0. The van der Waals surface area contributed by atoms with E-state index in [1.54, 1.807) is 42.8 Å². The number of carbonyl (C=O) groups excluding carboxylic acids is 2. The summed E-state index contributed by atoms with van der Waals surface area (Å²) in [6.45, 7) is 6.41. The van der Waals surface area contributed by atoms with E-state index in [2.05, 4.69) is 10.4 Å². The number of halogens is 3. The van der Waals surface area contributed by atoms with Crippen LogP contribution >= 0.6 is 0 Å². The van der Waals surface area contributed by atoms with E-state index < -0.39 is 52.3 Å². The second-order valence-electron chi connectivity index (χ2n) is 10.6. The highest BCUT2D eigenvalue weighted by Crippen LogP contribution is 2.33. The highest BCUT2D eigenvalue weighted by Gasteiger charge is 2.36. The average molecular weight is 669 g/mol. The lowest BCUT2D eigenvalue weighted by Crippen LogP contribution is -2.36. The molecular weight excluding hydrogens is 637 g/mol. The number of hydrazine groups is 1. The van der Waals surface area contributed by atoms with Gasteiger partial charge in [0.15, 0.2) is 5.69 Å². The molecule has 0 radical (unpaired) electrons. The fourth-order valence-corrected chi connectivity index (χ4v) is 5.08. The van der Waals surface area contributed by atoms with Crippen molar-refractivity contribution in [3.8, 4) is 16.9 Å². The smallest absolute Gasteiger partial charge is 0.435 e. The summed E-state index contributed by atoms with van der Waals surface area (Å²) < 4.78 is 79.1. The van der Waals surface area contributed by atoms with Crippen molar-refractivity contribution in [2.45, 2.75) is 57.6 Å². The van der Waals surface area contributed by atoms with E-state index in [1.165, 1.54) is 19.1 Å². The second-order valence-corrected chi connectivity index (χ2v) is 12.3. The number of alkyl halides is 3. The Hall–Kier alpha value is -4.87. The first-order valence-electron chi connectivity index (χ1n) is 13.9. The molecule has 1 N–H and O–H groups in total. The molecule has 2 heterocycles. The number of rotatable bonds is 10. The lowest BCUT2D eigenvalue weighted by Gasteiger charge is -2.15. The zero-order valence-corrected chi connectivity index (χ0v) is 25.9. The van der Waals surface area contributed by atoms with Crippen molar-refractivity contribution in [3.05, 3.63) is 71.1 Å².